The van der Waals surface area contributed by atoms with E-state index in [4.69, 9.17) is 14.2 Å². The monoisotopic (exact) mass is 510 g/mol. The Morgan fingerprint density at radius 3 is 2.63 bits per heavy atom. The molecule has 4 aromatic rings. The number of aryl methyl sites for hydroxylation is 1. The maximum absolute atomic E-state index is 6.36. The highest BCUT2D eigenvalue weighted by Gasteiger charge is 2.31. The van der Waals surface area contributed by atoms with Crippen LogP contribution in [0.25, 0.3) is 10.9 Å². The lowest BCUT2D eigenvalue weighted by atomic mass is 9.87. The minimum atomic E-state index is 0.347. The summed E-state index contributed by atoms with van der Waals surface area (Å²) in [5, 5.41) is 1.33. The summed E-state index contributed by atoms with van der Waals surface area (Å²) in [6.45, 7) is 4.53. The van der Waals surface area contributed by atoms with Crippen LogP contribution in [0.5, 0.6) is 11.5 Å². The quantitative estimate of drug-likeness (QED) is 0.272. The Bertz CT molecular complexity index is 1340. The summed E-state index contributed by atoms with van der Waals surface area (Å²) in [7, 11) is 1.74. The largest absolute Gasteiger partial charge is 0.493 e. The molecule has 0 aliphatic carbocycles. The number of nitrogens with one attached hydrogen (secondary N) is 1. The number of hydrogen-bond donors (Lipinski definition) is 1. The van der Waals surface area contributed by atoms with E-state index in [2.05, 4.69) is 76.7 Å². The highest BCUT2D eigenvalue weighted by molar-refractivity contribution is 5.83. The number of aromatic nitrogens is 1. The molecule has 2 aliphatic heterocycles. The topological polar surface area (TPSA) is 46.7 Å². The van der Waals surface area contributed by atoms with Crippen molar-refractivity contribution in [3.8, 4) is 11.5 Å². The number of ether oxygens (including phenoxy) is 3. The molecule has 3 aromatic carbocycles. The Hall–Kier alpha value is -3.28. The molecular weight excluding hydrogens is 472 g/mol. The van der Waals surface area contributed by atoms with Gasteiger partial charge in [0, 0.05) is 49.4 Å². The third kappa shape index (κ3) is 5.45. The van der Waals surface area contributed by atoms with Gasteiger partial charge in [-0.25, -0.2) is 0 Å². The highest BCUT2D eigenvalue weighted by Crippen LogP contribution is 2.41. The predicted molar refractivity (Wildman–Crippen MR) is 152 cm³/mol. The first-order valence-electron chi connectivity index (χ1n) is 14.0. The fraction of sp³-hybridized carbons (Fsp3) is 0.394. The fourth-order valence-corrected chi connectivity index (χ4v) is 6.22. The maximum Gasteiger partial charge on any atom is 0.162 e. The Kier molecular flexibility index (Phi) is 7.66. The number of fused-ring (bicyclic) bond motifs is 2. The SMILES string of the molecule is COc1cc2c(cc1OCc1ccccc1)C(CCc1c[nH]c3ccccc13)N(CC1CCOCC1)CC2. The van der Waals surface area contributed by atoms with Crippen molar-refractivity contribution in [3.63, 3.8) is 0 Å². The van der Waals surface area contributed by atoms with Crippen molar-refractivity contribution in [1.29, 1.82) is 0 Å². The van der Waals surface area contributed by atoms with Gasteiger partial charge >= 0.3 is 0 Å². The number of aromatic amines is 1. The Labute approximate surface area is 225 Å². The summed E-state index contributed by atoms with van der Waals surface area (Å²) in [6.07, 6.45) is 7.66. The molecule has 1 fully saturated rings. The van der Waals surface area contributed by atoms with E-state index in [1.807, 2.05) is 6.07 Å². The van der Waals surface area contributed by atoms with Crippen molar-refractivity contribution in [1.82, 2.24) is 9.88 Å². The van der Waals surface area contributed by atoms with Crippen molar-refractivity contribution < 1.29 is 14.2 Å². The zero-order valence-electron chi connectivity index (χ0n) is 22.3. The first kappa shape index (κ1) is 25.0. The molecule has 1 aromatic heterocycles. The van der Waals surface area contributed by atoms with Crippen LogP contribution in [-0.2, 0) is 24.2 Å². The van der Waals surface area contributed by atoms with E-state index in [9.17, 15) is 0 Å². The molecule has 1 N–H and O–H groups in total. The minimum Gasteiger partial charge on any atom is -0.493 e. The molecule has 0 spiro atoms. The van der Waals surface area contributed by atoms with Gasteiger partial charge in [-0.1, -0.05) is 48.5 Å². The smallest absolute Gasteiger partial charge is 0.162 e. The number of hydrogen-bond acceptors (Lipinski definition) is 4. The third-order valence-corrected chi connectivity index (χ3v) is 8.33. The van der Waals surface area contributed by atoms with Gasteiger partial charge in [-0.2, -0.15) is 0 Å². The van der Waals surface area contributed by atoms with Gasteiger partial charge in [0.2, 0.25) is 0 Å². The van der Waals surface area contributed by atoms with Crippen LogP contribution in [0, 0.1) is 5.92 Å². The van der Waals surface area contributed by atoms with E-state index in [-0.39, 0.29) is 0 Å². The second-order valence-corrected chi connectivity index (χ2v) is 10.7. The van der Waals surface area contributed by atoms with Gasteiger partial charge in [0.25, 0.3) is 0 Å². The van der Waals surface area contributed by atoms with Crippen LogP contribution in [0.3, 0.4) is 0 Å². The normalized spacial score (nSPS) is 18.4. The van der Waals surface area contributed by atoms with Crippen LogP contribution in [-0.4, -0.2) is 43.3 Å². The summed E-state index contributed by atoms with van der Waals surface area (Å²) in [6, 6.07) is 23.8. The lowest BCUT2D eigenvalue weighted by Crippen LogP contribution is -2.40. The average Bonchev–Trinajstić information content (AvgIpc) is 3.39. The van der Waals surface area contributed by atoms with Gasteiger partial charge in [0.05, 0.1) is 7.11 Å². The molecule has 0 bridgehead atoms. The third-order valence-electron chi connectivity index (χ3n) is 8.33. The Morgan fingerprint density at radius 2 is 1.79 bits per heavy atom. The zero-order chi connectivity index (χ0) is 25.7. The number of rotatable bonds is 9. The van der Waals surface area contributed by atoms with Crippen molar-refractivity contribution in [2.75, 3.05) is 33.4 Å². The number of methoxy groups -OCH3 is 1. The standard InChI is InChI=1S/C33H38N2O3/c1-36-32-19-26-13-16-35(22-24-14-17-37-18-15-24)31(12-11-27-21-34-30-10-6-5-9-28(27)30)29(26)20-33(32)38-23-25-7-3-2-4-8-25/h2-10,19-21,24,31,34H,11-18,22-23H2,1H3. The molecule has 6 rings (SSSR count). The van der Waals surface area contributed by atoms with Gasteiger partial charge in [-0.05, 0) is 78.5 Å². The van der Waals surface area contributed by atoms with Crippen LogP contribution in [0.4, 0.5) is 0 Å². The van der Waals surface area contributed by atoms with Gasteiger partial charge in [-0.3, -0.25) is 4.90 Å². The molecule has 1 saturated heterocycles. The minimum absolute atomic E-state index is 0.347. The molecular formula is C33H38N2O3. The molecule has 5 heteroatoms. The molecule has 0 amide bonds. The molecule has 2 aliphatic rings. The summed E-state index contributed by atoms with van der Waals surface area (Å²) in [5.41, 5.74) is 6.55. The van der Waals surface area contributed by atoms with E-state index in [1.165, 1.54) is 27.6 Å². The van der Waals surface area contributed by atoms with Crippen LogP contribution >= 0.6 is 0 Å². The number of H-pyrrole nitrogens is 1. The molecule has 1 atom stereocenters. The summed E-state index contributed by atoms with van der Waals surface area (Å²) in [4.78, 5) is 6.20. The second kappa shape index (κ2) is 11.6. The second-order valence-electron chi connectivity index (χ2n) is 10.7. The van der Waals surface area contributed by atoms with Crippen molar-refractivity contribution in [2.45, 2.75) is 44.8 Å². The predicted octanol–water partition coefficient (Wildman–Crippen LogP) is 6.71. The highest BCUT2D eigenvalue weighted by atomic mass is 16.5. The zero-order valence-corrected chi connectivity index (χ0v) is 22.3. The van der Waals surface area contributed by atoms with E-state index < -0.39 is 0 Å². The Morgan fingerprint density at radius 1 is 0.974 bits per heavy atom. The average molecular weight is 511 g/mol. The Balaban J connectivity index is 1.29. The lowest BCUT2D eigenvalue weighted by molar-refractivity contribution is 0.0423. The molecule has 5 nitrogen and oxygen atoms in total. The lowest BCUT2D eigenvalue weighted by Gasteiger charge is -2.40. The van der Waals surface area contributed by atoms with Crippen molar-refractivity contribution in [2.24, 2.45) is 5.92 Å². The van der Waals surface area contributed by atoms with Gasteiger partial charge < -0.3 is 19.2 Å². The van der Waals surface area contributed by atoms with E-state index in [0.29, 0.717) is 18.6 Å². The van der Waals surface area contributed by atoms with E-state index in [0.717, 1.165) is 75.5 Å². The number of benzene rings is 3. The van der Waals surface area contributed by atoms with Crippen molar-refractivity contribution in [3.05, 3.63) is 95.2 Å². The molecule has 198 valence electrons. The van der Waals surface area contributed by atoms with Gasteiger partial charge in [0.15, 0.2) is 11.5 Å². The summed E-state index contributed by atoms with van der Waals surface area (Å²) < 4.78 is 17.8. The van der Waals surface area contributed by atoms with Crippen LogP contribution in [0.1, 0.15) is 47.6 Å². The summed E-state index contributed by atoms with van der Waals surface area (Å²) >= 11 is 0. The molecule has 0 radical (unpaired) electrons. The van der Waals surface area contributed by atoms with E-state index >= 15 is 0 Å². The summed E-state index contributed by atoms with van der Waals surface area (Å²) in [5.74, 6) is 2.36. The number of nitrogens with zero attached hydrogens (tertiary/aromatic N) is 1. The molecule has 3 heterocycles. The van der Waals surface area contributed by atoms with E-state index in [1.54, 1.807) is 7.11 Å². The molecule has 38 heavy (non-hydrogen) atoms. The fourth-order valence-electron chi connectivity index (χ4n) is 6.22. The van der Waals surface area contributed by atoms with Gasteiger partial charge in [-0.15, -0.1) is 0 Å². The first-order valence-corrected chi connectivity index (χ1v) is 14.0. The van der Waals surface area contributed by atoms with Crippen LogP contribution in [0.2, 0.25) is 0 Å². The molecule has 0 saturated carbocycles. The molecule has 1 unspecified atom stereocenters. The van der Waals surface area contributed by atoms with Crippen LogP contribution in [0.15, 0.2) is 72.9 Å². The first-order chi connectivity index (χ1) is 18.8. The maximum atomic E-state index is 6.36. The number of para-hydroxylation sites is 1. The van der Waals surface area contributed by atoms with Gasteiger partial charge in [0.1, 0.15) is 6.61 Å². The van der Waals surface area contributed by atoms with Crippen molar-refractivity contribution >= 4 is 10.9 Å². The van der Waals surface area contributed by atoms with Crippen LogP contribution < -0.4 is 9.47 Å².